The Bertz CT molecular complexity index is 145. The van der Waals surface area contributed by atoms with E-state index in [4.69, 9.17) is 5.11 Å². The third-order valence-electron chi connectivity index (χ3n) is 0.892. The monoisotopic (exact) mass is 270 g/mol. The molecule has 0 fully saturated rings. The van der Waals surface area contributed by atoms with Gasteiger partial charge in [-0.2, -0.15) is 0 Å². The molecule has 0 aliphatic rings. The lowest BCUT2D eigenvalue weighted by atomic mass is 10.3. The zero-order chi connectivity index (χ0) is 8.15. The van der Waals surface area contributed by atoms with Crippen LogP contribution in [0.15, 0.2) is 12.2 Å². The predicted molar refractivity (Wildman–Crippen MR) is 47.9 cm³/mol. The fourth-order valence-corrected chi connectivity index (χ4v) is 1.13. The van der Waals surface area contributed by atoms with Crippen LogP contribution in [0.3, 0.4) is 0 Å². The van der Waals surface area contributed by atoms with Crippen LogP contribution < -0.4 is 0 Å². The molecule has 0 aromatic rings. The summed E-state index contributed by atoms with van der Waals surface area (Å²) in [4.78, 5) is 9.61. The van der Waals surface area contributed by atoms with E-state index in [1.165, 1.54) is 0 Å². The largest absolute Gasteiger partial charge is 0.480 e. The average Bonchev–Trinajstić information content (AvgIpc) is 1.87. The van der Waals surface area contributed by atoms with Crippen LogP contribution in [0.2, 0.25) is 0 Å². The van der Waals surface area contributed by atoms with E-state index in [1.54, 1.807) is 12.2 Å². The third-order valence-corrected chi connectivity index (χ3v) is 3.40. The maximum atomic E-state index is 10.3. The van der Waals surface area contributed by atoms with Crippen LogP contribution in [0.25, 0.3) is 0 Å². The molecule has 10 heavy (non-hydrogen) atoms. The molecule has 0 heterocycles. The van der Waals surface area contributed by atoms with Gasteiger partial charge in [0, 0.05) is 0 Å². The summed E-state index contributed by atoms with van der Waals surface area (Å²) < 4.78 is 0. The molecule has 58 valence electrons. The van der Waals surface area contributed by atoms with Crippen LogP contribution in [0.4, 0.5) is 0 Å². The summed E-state index contributed by atoms with van der Waals surface area (Å²) >= 11 is 6.20. The molecule has 4 heteroatoms. The van der Waals surface area contributed by atoms with Crippen molar-refractivity contribution >= 4 is 37.8 Å². The Balaban J connectivity index is 3.93. The summed E-state index contributed by atoms with van der Waals surface area (Å²) in [7, 11) is 0. The minimum Gasteiger partial charge on any atom is -0.480 e. The molecule has 0 bridgehead atoms. The minimum absolute atomic E-state index is 0.144. The van der Waals surface area contributed by atoms with E-state index >= 15 is 0 Å². The first-order valence-electron chi connectivity index (χ1n) is 2.73. The van der Waals surface area contributed by atoms with E-state index in [9.17, 15) is 4.79 Å². The van der Waals surface area contributed by atoms with Crippen molar-refractivity contribution in [2.75, 3.05) is 0 Å². The van der Waals surface area contributed by atoms with Crippen molar-refractivity contribution < 1.29 is 9.90 Å². The van der Waals surface area contributed by atoms with Crippen LogP contribution in [-0.2, 0) is 4.79 Å². The summed E-state index contributed by atoms with van der Waals surface area (Å²) in [6.45, 7) is 1.84. The number of carboxylic acid groups (broad SMARTS) is 1. The van der Waals surface area contributed by atoms with Gasteiger partial charge >= 0.3 is 5.97 Å². The van der Waals surface area contributed by atoms with Crippen LogP contribution in [-0.4, -0.2) is 20.7 Å². The quantitative estimate of drug-likeness (QED) is 0.631. The van der Waals surface area contributed by atoms with Gasteiger partial charge in [0.2, 0.25) is 0 Å². The molecule has 0 radical (unpaired) electrons. The fourth-order valence-electron chi connectivity index (χ4n) is 0.418. The van der Waals surface area contributed by atoms with Gasteiger partial charge in [0.15, 0.2) is 0 Å². The number of halogens is 2. The van der Waals surface area contributed by atoms with E-state index in [1.807, 2.05) is 6.92 Å². The first-order valence-corrected chi connectivity index (χ1v) is 4.56. The van der Waals surface area contributed by atoms with Crippen molar-refractivity contribution in [2.45, 2.75) is 16.6 Å². The third kappa shape index (κ3) is 3.37. The Morgan fingerprint density at radius 1 is 1.60 bits per heavy atom. The molecule has 0 spiro atoms. The first kappa shape index (κ1) is 10.2. The summed E-state index contributed by atoms with van der Waals surface area (Å²) in [5.41, 5.74) is 0. The van der Waals surface area contributed by atoms with E-state index in [0.717, 1.165) is 0 Å². The molecule has 1 N–H and O–H groups in total. The highest BCUT2D eigenvalue weighted by molar-refractivity contribution is 9.12. The minimum atomic E-state index is -0.861. The number of hydrogen-bond acceptors (Lipinski definition) is 1. The molecule has 0 aromatic heterocycles. The van der Waals surface area contributed by atoms with E-state index in [-0.39, 0.29) is 4.83 Å². The molecule has 0 rings (SSSR count). The Kier molecular flexibility index (Phi) is 4.99. The SMILES string of the molecule is C/C=C/C(Br)C(Br)C(=O)O. The molecule has 2 unspecified atom stereocenters. The summed E-state index contributed by atoms with van der Waals surface area (Å²) in [5, 5.41) is 8.47. The Morgan fingerprint density at radius 2 is 2.10 bits per heavy atom. The normalized spacial score (nSPS) is 17.1. The van der Waals surface area contributed by atoms with Crippen molar-refractivity contribution in [3.05, 3.63) is 12.2 Å². The summed E-state index contributed by atoms with van der Waals surface area (Å²) in [5.74, 6) is -0.861. The van der Waals surface area contributed by atoms with Gasteiger partial charge in [-0.25, -0.2) is 0 Å². The number of hydrogen-bond donors (Lipinski definition) is 1. The molecule has 0 saturated heterocycles. The number of carboxylic acids is 1. The van der Waals surface area contributed by atoms with Crippen LogP contribution >= 0.6 is 31.9 Å². The number of rotatable bonds is 3. The molecule has 0 aliphatic carbocycles. The van der Waals surface area contributed by atoms with E-state index < -0.39 is 10.8 Å². The van der Waals surface area contributed by atoms with Gasteiger partial charge < -0.3 is 5.11 Å². The highest BCUT2D eigenvalue weighted by atomic mass is 79.9. The van der Waals surface area contributed by atoms with Gasteiger partial charge in [0.05, 0.1) is 4.83 Å². The molecule has 0 aromatic carbocycles. The lowest BCUT2D eigenvalue weighted by molar-refractivity contribution is -0.136. The number of carbonyl (C=O) groups is 1. The molecule has 0 amide bonds. The van der Waals surface area contributed by atoms with Gasteiger partial charge in [-0.15, -0.1) is 0 Å². The molecule has 0 saturated carbocycles. The zero-order valence-electron chi connectivity index (χ0n) is 5.42. The second kappa shape index (κ2) is 4.91. The van der Waals surface area contributed by atoms with Gasteiger partial charge in [-0.1, -0.05) is 44.0 Å². The predicted octanol–water partition coefficient (Wildman–Crippen LogP) is 2.17. The maximum Gasteiger partial charge on any atom is 0.318 e. The molecule has 2 atom stereocenters. The van der Waals surface area contributed by atoms with Crippen LogP contribution in [0.5, 0.6) is 0 Å². The van der Waals surface area contributed by atoms with Crippen molar-refractivity contribution in [1.82, 2.24) is 0 Å². The number of alkyl halides is 2. The zero-order valence-corrected chi connectivity index (χ0v) is 8.59. The average molecular weight is 272 g/mol. The van der Waals surface area contributed by atoms with Gasteiger partial charge in [-0.3, -0.25) is 4.79 Å². The topological polar surface area (TPSA) is 37.3 Å². The Hall–Kier alpha value is 0.170. The molecule has 2 nitrogen and oxygen atoms in total. The fraction of sp³-hybridized carbons (Fsp3) is 0.500. The highest BCUT2D eigenvalue weighted by Crippen LogP contribution is 2.15. The van der Waals surface area contributed by atoms with E-state index in [0.29, 0.717) is 0 Å². The van der Waals surface area contributed by atoms with Crippen LogP contribution in [0, 0.1) is 0 Å². The lowest BCUT2D eigenvalue weighted by Crippen LogP contribution is -2.21. The van der Waals surface area contributed by atoms with Crippen molar-refractivity contribution in [3.63, 3.8) is 0 Å². The lowest BCUT2D eigenvalue weighted by Gasteiger charge is -2.06. The van der Waals surface area contributed by atoms with Gasteiger partial charge in [-0.05, 0) is 6.92 Å². The van der Waals surface area contributed by atoms with Crippen molar-refractivity contribution in [1.29, 1.82) is 0 Å². The second-order valence-electron chi connectivity index (χ2n) is 1.71. The highest BCUT2D eigenvalue weighted by Gasteiger charge is 2.19. The molecular formula is C6H8Br2O2. The number of allylic oxidation sites excluding steroid dienone is 2. The molecule has 0 aliphatic heterocycles. The first-order chi connectivity index (χ1) is 4.59. The summed E-state index contributed by atoms with van der Waals surface area (Å²) in [6, 6.07) is 0. The summed E-state index contributed by atoms with van der Waals surface area (Å²) in [6.07, 6.45) is 3.57. The van der Waals surface area contributed by atoms with Crippen LogP contribution in [0.1, 0.15) is 6.92 Å². The van der Waals surface area contributed by atoms with Gasteiger partial charge in [0.25, 0.3) is 0 Å². The molecular weight excluding hydrogens is 264 g/mol. The Labute approximate surface area is 76.6 Å². The van der Waals surface area contributed by atoms with Crippen molar-refractivity contribution in [2.24, 2.45) is 0 Å². The standard InChI is InChI=1S/C6H8Br2O2/c1-2-3-4(7)5(8)6(9)10/h2-5H,1H3,(H,9,10)/b3-2+. The van der Waals surface area contributed by atoms with Gasteiger partial charge in [0.1, 0.15) is 4.83 Å². The second-order valence-corrected chi connectivity index (χ2v) is 3.75. The van der Waals surface area contributed by atoms with Crippen molar-refractivity contribution in [3.8, 4) is 0 Å². The van der Waals surface area contributed by atoms with E-state index in [2.05, 4.69) is 31.9 Å². The maximum absolute atomic E-state index is 10.3. The Morgan fingerprint density at radius 3 is 2.40 bits per heavy atom. The number of aliphatic carboxylic acids is 1. The smallest absolute Gasteiger partial charge is 0.318 e.